The summed E-state index contributed by atoms with van der Waals surface area (Å²) in [4.78, 5) is 213. The number of imidazole rings is 1. The first-order chi connectivity index (χ1) is 55.3. The number of carbonyl (C=O) groups excluding carboxylic acids is 14. The van der Waals surface area contributed by atoms with Crippen LogP contribution in [0.1, 0.15) is 94.0 Å². The topological polar surface area (TPSA) is 654 Å². The van der Waals surface area contributed by atoms with Crippen molar-refractivity contribution in [1.82, 2.24) is 89.7 Å². The van der Waals surface area contributed by atoms with Gasteiger partial charge in [0, 0.05) is 55.6 Å². The predicted molar refractivity (Wildman–Crippen MR) is 430 cm³/mol. The second-order valence-corrected chi connectivity index (χ2v) is 27.9. The quantitative estimate of drug-likeness (QED) is 0.00845. The molecule has 0 fully saturated rings. The first-order valence-electron chi connectivity index (χ1n) is 37.5. The maximum absolute atomic E-state index is 14.9. The minimum absolute atomic E-state index is 0.0137. The van der Waals surface area contributed by atoms with E-state index in [1.54, 1.807) is 98.0 Å². The number of aliphatic hydroxyl groups is 2. The van der Waals surface area contributed by atoms with E-state index in [2.05, 4.69) is 115 Å². The van der Waals surface area contributed by atoms with Crippen molar-refractivity contribution in [1.29, 1.82) is 5.41 Å². The van der Waals surface area contributed by atoms with Crippen molar-refractivity contribution in [2.24, 2.45) is 22.9 Å². The van der Waals surface area contributed by atoms with Crippen LogP contribution in [0.2, 0.25) is 0 Å². The molecular weight excluding hydrogens is 1550 g/mol. The standard InChI is InChI=1S/C74H110N22O18S2/c1-41(97)60(72(113)83-36-58(100)86-54(34-57(77)99)69(110)89-50(62(103)84-37-59(101)102)30-43-18-7-4-8-19-43)95-71(112)56(39-116)93-64(105)48(25-14-16-28-76)88-70(111)55(38-115)94-73(114)61(42(2)98)96-65(106)49(26-17-29-82-74(78)79)87-68(109)53(33-46-35-81-40-85-46)92-67(108)52(32-45-22-11-6-12-23-45)91-66(107)51(31-44-20-9-5-10-21-44)90-63(104)47(80-3)24-13-15-27-75/h4-12,18-23,35,40-42,47-56,60-61,80,97-98,115-116H,13-17,24-34,36-39,75-76H2,1-3H3,(H2,77,99)(H,81,85)(H,83,113)(H,84,103)(H,86,100)(H,87,109)(H,88,111)(H,89,110)(H,90,104)(H,91,107)(H,92,108)(H,93,105)(H,94,114)(H,95,112)(H,96,106)(H,101,102)(H4,78,79,82). The first kappa shape index (κ1) is 97.1. The molecule has 0 radical (unpaired) electrons. The van der Waals surface area contributed by atoms with E-state index in [4.69, 9.17) is 33.5 Å². The van der Waals surface area contributed by atoms with E-state index in [-0.39, 0.29) is 64.5 Å². The number of aliphatic carboxylic acids is 1. The molecule has 0 spiro atoms. The highest BCUT2D eigenvalue weighted by molar-refractivity contribution is 7.80. The number of benzene rings is 3. The summed E-state index contributed by atoms with van der Waals surface area (Å²) in [5.41, 5.74) is 24.5. The highest BCUT2D eigenvalue weighted by Crippen LogP contribution is 2.14. The van der Waals surface area contributed by atoms with Gasteiger partial charge in [-0.25, -0.2) is 4.98 Å². The summed E-state index contributed by atoms with van der Waals surface area (Å²) in [5.74, 6) is -16.6. The Kier molecular flexibility index (Phi) is 43.7. The van der Waals surface area contributed by atoms with Crippen LogP contribution in [0.3, 0.4) is 0 Å². The summed E-state index contributed by atoms with van der Waals surface area (Å²) >= 11 is 8.48. The van der Waals surface area contributed by atoms with Gasteiger partial charge in [0.2, 0.25) is 82.7 Å². The number of rotatable bonds is 54. The van der Waals surface area contributed by atoms with E-state index in [0.29, 0.717) is 54.6 Å². The molecule has 4 aromatic rings. The molecule has 0 saturated carbocycles. The van der Waals surface area contributed by atoms with Gasteiger partial charge in [-0.3, -0.25) is 77.3 Å². The number of nitrogens with two attached hydrogens (primary N) is 4. The SMILES string of the molecule is CNC(CCCCN)C(=O)NC(Cc1ccccc1)C(=O)NC(Cc1ccccc1)C(=O)NC(Cc1cnc[nH]1)C(=O)NC(CCCNC(=N)N)C(=O)NC(C(=O)NC(CS)C(=O)NC(CCCCN)C(=O)NC(CS)C(=O)NC(C(=O)NCC(=O)NC(CC(N)=O)C(=O)NC(Cc1ccccc1)C(=O)NCC(=O)O)C(C)O)C(C)O. The predicted octanol–water partition coefficient (Wildman–Crippen LogP) is -7.06. The molecule has 4 rings (SSSR count). The average molecular weight is 1660 g/mol. The third-order valence-electron chi connectivity index (χ3n) is 17.8. The Morgan fingerprint density at radius 1 is 0.431 bits per heavy atom. The molecule has 0 aliphatic carbocycles. The smallest absolute Gasteiger partial charge is 0.322 e. The van der Waals surface area contributed by atoms with Gasteiger partial charge in [-0.2, -0.15) is 25.3 Å². The summed E-state index contributed by atoms with van der Waals surface area (Å²) < 4.78 is 0. The highest BCUT2D eigenvalue weighted by atomic mass is 32.1. The average Bonchev–Trinajstić information content (AvgIpc) is 0.971. The lowest BCUT2D eigenvalue weighted by Gasteiger charge is -2.29. The minimum atomic E-state index is -1.89. The lowest BCUT2D eigenvalue weighted by molar-refractivity contribution is -0.138. The van der Waals surface area contributed by atoms with Crippen LogP contribution in [0.25, 0.3) is 0 Å². The molecule has 636 valence electrons. The van der Waals surface area contributed by atoms with E-state index in [0.717, 1.165) is 13.8 Å². The number of H-pyrrole nitrogens is 1. The van der Waals surface area contributed by atoms with E-state index >= 15 is 0 Å². The lowest BCUT2D eigenvalue weighted by atomic mass is 10.0. The van der Waals surface area contributed by atoms with Gasteiger partial charge in [0.15, 0.2) is 5.96 Å². The summed E-state index contributed by atoms with van der Waals surface area (Å²) in [7, 11) is 1.61. The fourth-order valence-electron chi connectivity index (χ4n) is 11.6. The molecule has 116 heavy (non-hydrogen) atoms. The number of guanidine groups is 1. The van der Waals surface area contributed by atoms with Gasteiger partial charge >= 0.3 is 5.97 Å². The van der Waals surface area contributed by atoms with Crippen molar-refractivity contribution in [3.05, 3.63) is 126 Å². The third-order valence-corrected chi connectivity index (χ3v) is 18.5. The fourth-order valence-corrected chi connectivity index (χ4v) is 12.1. The van der Waals surface area contributed by atoms with Crippen LogP contribution in [0.4, 0.5) is 0 Å². The molecule has 1 heterocycles. The molecule has 14 unspecified atom stereocenters. The van der Waals surface area contributed by atoms with E-state index < -0.39 is 210 Å². The highest BCUT2D eigenvalue weighted by Gasteiger charge is 2.38. The van der Waals surface area contributed by atoms with Gasteiger partial charge in [-0.05, 0) is 95.6 Å². The van der Waals surface area contributed by atoms with Crippen molar-refractivity contribution in [2.45, 2.75) is 182 Å². The second-order valence-electron chi connectivity index (χ2n) is 27.2. The number of aromatic amines is 1. The van der Waals surface area contributed by atoms with Gasteiger partial charge in [0.05, 0.1) is 37.5 Å². The van der Waals surface area contributed by atoms with E-state index in [9.17, 15) is 82.1 Å². The number of primary amides is 1. The van der Waals surface area contributed by atoms with E-state index in [1.165, 1.54) is 12.5 Å². The van der Waals surface area contributed by atoms with Gasteiger partial charge in [-0.1, -0.05) is 97.4 Å². The number of hydrogen-bond donors (Lipinski definition) is 26. The van der Waals surface area contributed by atoms with Crippen molar-refractivity contribution in [3.8, 4) is 0 Å². The zero-order chi connectivity index (χ0) is 85.8. The van der Waals surface area contributed by atoms with Gasteiger partial charge in [0.1, 0.15) is 73.0 Å². The second kappa shape index (κ2) is 52.2. The first-order valence-corrected chi connectivity index (χ1v) is 38.8. The Labute approximate surface area is 681 Å². The zero-order valence-corrected chi connectivity index (χ0v) is 66.4. The summed E-state index contributed by atoms with van der Waals surface area (Å²) in [6.45, 7) is 1.01. The third kappa shape index (κ3) is 35.6. The molecule has 14 amide bonds. The number of thiol groups is 2. The van der Waals surface area contributed by atoms with Gasteiger partial charge in [0.25, 0.3) is 0 Å². The Hall–Kier alpha value is -11.3. The molecule has 3 aromatic carbocycles. The number of nitrogens with one attached hydrogen (secondary N) is 17. The fraction of sp³-hybridized carbons (Fsp3) is 0.500. The summed E-state index contributed by atoms with van der Waals surface area (Å²) in [6.07, 6.45) is -0.213. The molecule has 28 N–H and O–H groups in total. The van der Waals surface area contributed by atoms with Crippen LogP contribution in [-0.2, 0) is 97.6 Å². The molecule has 14 atom stereocenters. The molecule has 40 nitrogen and oxygen atoms in total. The van der Waals surface area contributed by atoms with Crippen LogP contribution in [0.15, 0.2) is 104 Å². The van der Waals surface area contributed by atoms with Crippen LogP contribution < -0.4 is 103 Å². The zero-order valence-electron chi connectivity index (χ0n) is 64.7. The van der Waals surface area contributed by atoms with Crippen LogP contribution >= 0.6 is 25.3 Å². The molecule has 1 aromatic heterocycles. The van der Waals surface area contributed by atoms with Crippen LogP contribution in [-0.4, -0.2) is 256 Å². The van der Waals surface area contributed by atoms with Crippen LogP contribution in [0, 0.1) is 5.41 Å². The maximum atomic E-state index is 14.9. The van der Waals surface area contributed by atoms with Crippen molar-refractivity contribution >= 4 is 120 Å². The van der Waals surface area contributed by atoms with Gasteiger partial charge < -0.3 is 123 Å². The molecule has 0 aliphatic rings. The largest absolute Gasteiger partial charge is 0.480 e. The number of unbranched alkanes of at least 4 members (excludes halogenated alkanes) is 2. The minimum Gasteiger partial charge on any atom is -0.480 e. The lowest BCUT2D eigenvalue weighted by Crippen LogP contribution is -2.62. The van der Waals surface area contributed by atoms with Crippen molar-refractivity contribution in [2.75, 3.05) is 51.3 Å². The number of hydrogen-bond acceptors (Lipinski definition) is 24. The number of aliphatic hydroxyl groups excluding tert-OH is 2. The molecule has 42 heteroatoms. The Bertz CT molecular complexity index is 3880. The summed E-state index contributed by atoms with van der Waals surface area (Å²) in [6, 6.07) is 7.59. The van der Waals surface area contributed by atoms with Crippen LogP contribution in [0.5, 0.6) is 0 Å². The molecular formula is C74H110N22O18S2. The molecule has 0 aliphatic heterocycles. The Balaban J connectivity index is 1.52. The Morgan fingerprint density at radius 2 is 0.793 bits per heavy atom. The van der Waals surface area contributed by atoms with E-state index in [1.807, 2.05) is 0 Å². The van der Waals surface area contributed by atoms with Crippen molar-refractivity contribution in [3.63, 3.8) is 0 Å². The summed E-state index contributed by atoms with van der Waals surface area (Å²) in [5, 5.41) is 76.2. The monoisotopic (exact) mass is 1660 g/mol. The number of carboxylic acid groups (broad SMARTS) is 1. The van der Waals surface area contributed by atoms with Gasteiger partial charge in [-0.15, -0.1) is 0 Å². The number of nitrogens with zero attached hydrogens (tertiary/aromatic N) is 1. The van der Waals surface area contributed by atoms with Crippen molar-refractivity contribution < 1.29 is 87.2 Å². The molecule has 0 saturated heterocycles. The number of carbonyl (C=O) groups is 15. The number of amides is 14. The number of aromatic nitrogens is 2. The normalized spacial score (nSPS) is 14.6. The Morgan fingerprint density at radius 3 is 1.21 bits per heavy atom. The number of carboxylic acids is 1. The molecule has 0 bridgehead atoms. The maximum Gasteiger partial charge on any atom is 0.322 e. The number of likely N-dealkylation sites (N-methyl/N-ethyl adjacent to an activating group) is 1.